The number of nitrogens with zero attached hydrogens (tertiary/aromatic N) is 2. The van der Waals surface area contributed by atoms with Gasteiger partial charge in [0.05, 0.1) is 6.54 Å². The third kappa shape index (κ3) is 8.35. The number of guanidine groups is 1. The lowest BCUT2D eigenvalue weighted by atomic mass is 9.92. The zero-order valence-corrected chi connectivity index (χ0v) is 18.5. The predicted octanol–water partition coefficient (Wildman–Crippen LogP) is 3.54. The Hall–Kier alpha value is -0.340. The summed E-state index contributed by atoms with van der Waals surface area (Å²) in [5, 5.41) is 8.88. The number of thiophene rings is 1. The average molecular weight is 452 g/mol. The molecule has 0 amide bonds. The Balaban J connectivity index is 0.00000484. The fourth-order valence-corrected chi connectivity index (χ4v) is 2.81. The molecule has 6 heteroatoms. The molecule has 0 aliphatic rings. The van der Waals surface area contributed by atoms with E-state index in [-0.39, 0.29) is 29.4 Å². The SMILES string of the molecule is CCNC(=NCC(C)(C)c1cccs1)NCCN(C)C(C)C.I. The molecular weight excluding hydrogens is 419 g/mol. The number of nitrogens with one attached hydrogen (secondary N) is 2. The van der Waals surface area contributed by atoms with Crippen LogP contribution in [0.25, 0.3) is 0 Å². The lowest BCUT2D eigenvalue weighted by molar-refractivity contribution is 0.278. The molecule has 0 spiro atoms. The van der Waals surface area contributed by atoms with Gasteiger partial charge in [-0.2, -0.15) is 0 Å². The molecule has 0 saturated carbocycles. The van der Waals surface area contributed by atoms with Crippen LogP contribution in [0.2, 0.25) is 0 Å². The van der Waals surface area contributed by atoms with Crippen molar-refractivity contribution in [3.8, 4) is 0 Å². The fourth-order valence-electron chi connectivity index (χ4n) is 1.97. The first-order valence-corrected chi connectivity index (χ1v) is 9.01. The van der Waals surface area contributed by atoms with Crippen molar-refractivity contribution >= 4 is 41.3 Å². The molecule has 0 aliphatic carbocycles. The Morgan fingerprint density at radius 1 is 1.35 bits per heavy atom. The van der Waals surface area contributed by atoms with E-state index in [2.05, 4.69) is 74.7 Å². The van der Waals surface area contributed by atoms with E-state index in [4.69, 9.17) is 4.99 Å². The van der Waals surface area contributed by atoms with Crippen LogP contribution in [-0.2, 0) is 5.41 Å². The monoisotopic (exact) mass is 452 g/mol. The van der Waals surface area contributed by atoms with Crippen molar-refractivity contribution in [3.63, 3.8) is 0 Å². The summed E-state index contributed by atoms with van der Waals surface area (Å²) in [7, 11) is 2.15. The van der Waals surface area contributed by atoms with Gasteiger partial charge in [-0.3, -0.25) is 4.99 Å². The van der Waals surface area contributed by atoms with Crippen molar-refractivity contribution in [2.75, 3.05) is 33.2 Å². The van der Waals surface area contributed by atoms with Gasteiger partial charge in [0.25, 0.3) is 0 Å². The number of likely N-dealkylation sites (N-methyl/N-ethyl adjacent to an activating group) is 1. The van der Waals surface area contributed by atoms with Crippen LogP contribution in [0, 0.1) is 0 Å². The standard InChI is InChI=1S/C17H32N4S.HI/c1-7-18-16(19-10-11-21(6)14(2)3)20-13-17(4,5)15-9-8-12-22-15;/h8-9,12,14H,7,10-11,13H2,1-6H3,(H2,18,19,20);1H. The molecule has 0 fully saturated rings. The van der Waals surface area contributed by atoms with Gasteiger partial charge in [0, 0.05) is 36.0 Å². The normalized spacial score (nSPS) is 12.4. The van der Waals surface area contributed by atoms with Crippen molar-refractivity contribution in [2.24, 2.45) is 4.99 Å². The first-order valence-electron chi connectivity index (χ1n) is 8.13. The molecule has 0 atom stereocenters. The molecule has 23 heavy (non-hydrogen) atoms. The van der Waals surface area contributed by atoms with E-state index >= 15 is 0 Å². The second kappa shape index (κ2) is 11.3. The van der Waals surface area contributed by atoms with Crippen LogP contribution in [0.5, 0.6) is 0 Å². The van der Waals surface area contributed by atoms with Crippen LogP contribution in [0.15, 0.2) is 22.5 Å². The van der Waals surface area contributed by atoms with E-state index in [1.807, 2.05) is 0 Å². The molecular formula is C17H33IN4S. The molecule has 0 aliphatic heterocycles. The molecule has 1 aromatic rings. The van der Waals surface area contributed by atoms with Gasteiger partial charge in [-0.05, 0) is 39.3 Å². The summed E-state index contributed by atoms with van der Waals surface area (Å²) in [6.45, 7) is 14.6. The minimum absolute atomic E-state index is 0. The maximum atomic E-state index is 4.77. The van der Waals surface area contributed by atoms with Crippen molar-refractivity contribution in [2.45, 2.75) is 46.1 Å². The van der Waals surface area contributed by atoms with Crippen molar-refractivity contribution in [1.82, 2.24) is 15.5 Å². The largest absolute Gasteiger partial charge is 0.357 e. The van der Waals surface area contributed by atoms with Crippen LogP contribution in [0.4, 0.5) is 0 Å². The van der Waals surface area contributed by atoms with Crippen LogP contribution < -0.4 is 10.6 Å². The van der Waals surface area contributed by atoms with Crippen molar-refractivity contribution < 1.29 is 0 Å². The van der Waals surface area contributed by atoms with E-state index in [0.717, 1.165) is 32.1 Å². The highest BCUT2D eigenvalue weighted by Gasteiger charge is 2.21. The Morgan fingerprint density at radius 2 is 2.04 bits per heavy atom. The molecule has 1 rings (SSSR count). The van der Waals surface area contributed by atoms with E-state index in [1.165, 1.54) is 4.88 Å². The predicted molar refractivity (Wildman–Crippen MR) is 115 cm³/mol. The molecule has 0 bridgehead atoms. The second-order valence-corrected chi connectivity index (χ2v) is 7.51. The van der Waals surface area contributed by atoms with Crippen molar-refractivity contribution in [1.29, 1.82) is 0 Å². The maximum Gasteiger partial charge on any atom is 0.191 e. The van der Waals surface area contributed by atoms with E-state index < -0.39 is 0 Å². The summed E-state index contributed by atoms with van der Waals surface area (Å²) in [5.41, 5.74) is 0.0746. The Labute approximate surface area is 163 Å². The minimum Gasteiger partial charge on any atom is -0.357 e. The second-order valence-electron chi connectivity index (χ2n) is 6.56. The molecule has 0 aromatic carbocycles. The average Bonchev–Trinajstić information content (AvgIpc) is 2.99. The number of aliphatic imine (C=N–C) groups is 1. The fraction of sp³-hybridized carbons (Fsp3) is 0.706. The Morgan fingerprint density at radius 3 is 2.57 bits per heavy atom. The zero-order chi connectivity index (χ0) is 16.6. The topological polar surface area (TPSA) is 39.7 Å². The molecule has 0 radical (unpaired) electrons. The first-order chi connectivity index (χ1) is 10.4. The van der Waals surface area contributed by atoms with Crippen LogP contribution >= 0.6 is 35.3 Å². The van der Waals surface area contributed by atoms with E-state index in [0.29, 0.717) is 6.04 Å². The van der Waals surface area contributed by atoms with Gasteiger partial charge < -0.3 is 15.5 Å². The van der Waals surface area contributed by atoms with E-state index in [1.54, 1.807) is 11.3 Å². The molecule has 0 unspecified atom stereocenters. The zero-order valence-electron chi connectivity index (χ0n) is 15.3. The summed E-state index contributed by atoms with van der Waals surface area (Å²) in [6.07, 6.45) is 0. The van der Waals surface area contributed by atoms with Gasteiger partial charge in [0.15, 0.2) is 5.96 Å². The van der Waals surface area contributed by atoms with Crippen molar-refractivity contribution in [3.05, 3.63) is 22.4 Å². The lowest BCUT2D eigenvalue weighted by Gasteiger charge is -2.23. The number of hydrogen-bond donors (Lipinski definition) is 2. The van der Waals surface area contributed by atoms with Gasteiger partial charge in [0.2, 0.25) is 0 Å². The van der Waals surface area contributed by atoms with Gasteiger partial charge in [-0.25, -0.2) is 0 Å². The Bertz CT molecular complexity index is 443. The highest BCUT2D eigenvalue weighted by Crippen LogP contribution is 2.27. The lowest BCUT2D eigenvalue weighted by Crippen LogP contribution is -2.42. The van der Waals surface area contributed by atoms with Crippen LogP contribution in [-0.4, -0.2) is 50.1 Å². The molecule has 134 valence electrons. The molecule has 1 heterocycles. The Kier molecular flexibility index (Phi) is 11.1. The van der Waals surface area contributed by atoms with Gasteiger partial charge in [-0.15, -0.1) is 35.3 Å². The molecule has 2 N–H and O–H groups in total. The minimum atomic E-state index is 0. The highest BCUT2D eigenvalue weighted by atomic mass is 127. The number of rotatable bonds is 8. The molecule has 0 saturated heterocycles. The maximum absolute atomic E-state index is 4.77. The summed E-state index contributed by atoms with van der Waals surface area (Å²) in [5.74, 6) is 0.907. The van der Waals surface area contributed by atoms with E-state index in [9.17, 15) is 0 Å². The highest BCUT2D eigenvalue weighted by molar-refractivity contribution is 14.0. The number of hydrogen-bond acceptors (Lipinski definition) is 3. The molecule has 4 nitrogen and oxygen atoms in total. The quantitative estimate of drug-likeness (QED) is 0.360. The van der Waals surface area contributed by atoms with Crippen LogP contribution in [0.1, 0.15) is 39.5 Å². The summed E-state index contributed by atoms with van der Waals surface area (Å²) >= 11 is 1.80. The van der Waals surface area contributed by atoms with Crippen LogP contribution in [0.3, 0.4) is 0 Å². The van der Waals surface area contributed by atoms with Gasteiger partial charge >= 0.3 is 0 Å². The summed E-state index contributed by atoms with van der Waals surface area (Å²) in [4.78, 5) is 8.47. The van der Waals surface area contributed by atoms with Gasteiger partial charge in [0.1, 0.15) is 0 Å². The number of halogens is 1. The third-order valence-corrected chi connectivity index (χ3v) is 5.04. The third-order valence-electron chi connectivity index (χ3n) is 3.80. The smallest absolute Gasteiger partial charge is 0.191 e. The van der Waals surface area contributed by atoms with Gasteiger partial charge in [-0.1, -0.05) is 19.9 Å². The molecule has 1 aromatic heterocycles. The summed E-state index contributed by atoms with van der Waals surface area (Å²) < 4.78 is 0. The summed E-state index contributed by atoms with van der Waals surface area (Å²) in [6, 6.07) is 4.87. The first kappa shape index (κ1) is 22.7.